The topological polar surface area (TPSA) is 35.5 Å². The zero-order valence-electron chi connectivity index (χ0n) is 11.2. The maximum Gasteiger partial charge on any atom is 0.313 e. The Morgan fingerprint density at radius 2 is 1.94 bits per heavy atom. The molecule has 0 aliphatic rings. The summed E-state index contributed by atoms with van der Waals surface area (Å²) in [5.41, 5.74) is 0.609. The van der Waals surface area contributed by atoms with Crippen molar-refractivity contribution in [3.05, 3.63) is 35.9 Å². The summed E-state index contributed by atoms with van der Waals surface area (Å²) < 4.78 is 9.94. The second kappa shape index (κ2) is 8.79. The molecular formula is C14H19O3Y-. The van der Waals surface area contributed by atoms with E-state index in [1.165, 1.54) is 12.7 Å². The van der Waals surface area contributed by atoms with Gasteiger partial charge in [0.25, 0.3) is 0 Å². The smallest absolute Gasteiger partial charge is 0.313 e. The molecule has 0 aliphatic heterocycles. The van der Waals surface area contributed by atoms with Crippen LogP contribution in [0.4, 0.5) is 0 Å². The quantitative estimate of drug-likeness (QED) is 0.595. The number of carbonyl (C=O) groups excluding carboxylic acids is 1. The molecule has 1 rings (SSSR count). The molecule has 1 radical (unpaired) electrons. The van der Waals surface area contributed by atoms with E-state index in [0.29, 0.717) is 13.0 Å². The van der Waals surface area contributed by atoms with E-state index in [2.05, 4.69) is 6.07 Å². The van der Waals surface area contributed by atoms with Crippen LogP contribution in [0.2, 0.25) is 0 Å². The Morgan fingerprint density at radius 3 is 2.44 bits per heavy atom. The summed E-state index contributed by atoms with van der Waals surface area (Å²) in [5.74, 6) is -0.221. The fourth-order valence-electron chi connectivity index (χ4n) is 1.81. The molecule has 18 heavy (non-hydrogen) atoms. The van der Waals surface area contributed by atoms with E-state index in [9.17, 15) is 4.79 Å². The average molecular weight is 324 g/mol. The summed E-state index contributed by atoms with van der Waals surface area (Å²) in [6.45, 7) is 2.25. The third-order valence-electron chi connectivity index (χ3n) is 2.89. The molecule has 0 N–H and O–H groups in total. The van der Waals surface area contributed by atoms with Gasteiger partial charge in [0.1, 0.15) is 0 Å². The number of aryl methyl sites for hydroxylation is 1. The summed E-state index contributed by atoms with van der Waals surface area (Å²) in [5, 5.41) is 0. The van der Waals surface area contributed by atoms with Gasteiger partial charge in [-0.25, -0.2) is 0 Å². The van der Waals surface area contributed by atoms with Crippen molar-refractivity contribution in [2.75, 3.05) is 20.8 Å². The maximum atomic E-state index is 11.7. The van der Waals surface area contributed by atoms with Crippen LogP contribution in [0.1, 0.15) is 18.9 Å². The predicted molar refractivity (Wildman–Crippen MR) is 65.6 cm³/mol. The molecule has 0 bridgehead atoms. The van der Waals surface area contributed by atoms with Crippen molar-refractivity contribution in [1.82, 2.24) is 0 Å². The Bertz CT molecular complexity index is 353. The molecule has 0 saturated heterocycles. The van der Waals surface area contributed by atoms with Crippen molar-refractivity contribution < 1.29 is 47.0 Å². The van der Waals surface area contributed by atoms with E-state index in [-0.39, 0.29) is 38.7 Å². The molecule has 1 aromatic rings. The average Bonchev–Trinajstić information content (AvgIpc) is 2.37. The van der Waals surface area contributed by atoms with Crippen molar-refractivity contribution in [2.24, 2.45) is 5.41 Å². The summed E-state index contributed by atoms with van der Waals surface area (Å²) in [7, 11) is 3.01. The molecule has 1 unspecified atom stereocenters. The third-order valence-corrected chi connectivity index (χ3v) is 2.89. The molecule has 0 saturated carbocycles. The molecule has 0 aromatic heterocycles. The molecule has 0 fully saturated rings. The van der Waals surface area contributed by atoms with Crippen LogP contribution in [-0.2, 0) is 53.4 Å². The van der Waals surface area contributed by atoms with E-state index in [4.69, 9.17) is 9.47 Å². The fourth-order valence-corrected chi connectivity index (χ4v) is 1.81. The first-order chi connectivity index (χ1) is 8.12. The molecular weight excluding hydrogens is 305 g/mol. The van der Waals surface area contributed by atoms with Crippen LogP contribution in [-0.4, -0.2) is 26.8 Å². The van der Waals surface area contributed by atoms with Crippen LogP contribution < -0.4 is 0 Å². The van der Waals surface area contributed by atoms with Crippen LogP contribution in [0.5, 0.6) is 0 Å². The maximum absolute atomic E-state index is 11.7. The van der Waals surface area contributed by atoms with Crippen LogP contribution in [0.15, 0.2) is 24.3 Å². The zero-order chi connectivity index (χ0) is 12.7. The third kappa shape index (κ3) is 5.17. The van der Waals surface area contributed by atoms with E-state index in [1.807, 2.05) is 31.2 Å². The minimum absolute atomic E-state index is 0. The monoisotopic (exact) mass is 324 g/mol. The minimum atomic E-state index is -0.580. The van der Waals surface area contributed by atoms with Gasteiger partial charge in [-0.2, -0.15) is 35.9 Å². The van der Waals surface area contributed by atoms with E-state index >= 15 is 0 Å². The van der Waals surface area contributed by atoms with Gasteiger partial charge in [-0.1, -0.05) is 0 Å². The summed E-state index contributed by atoms with van der Waals surface area (Å²) in [6, 6.07) is 10.7. The Balaban J connectivity index is 0.00000289. The molecule has 0 heterocycles. The Kier molecular flexibility index (Phi) is 8.67. The van der Waals surface area contributed by atoms with Crippen molar-refractivity contribution in [1.29, 1.82) is 0 Å². The van der Waals surface area contributed by atoms with Gasteiger partial charge in [0.15, 0.2) is 0 Å². The Hall–Kier alpha value is -0.246. The number of esters is 1. The first-order valence-electron chi connectivity index (χ1n) is 5.65. The molecule has 4 heteroatoms. The number of carbonyl (C=O) groups is 1. The normalized spacial score (nSPS) is 13.3. The standard InChI is InChI=1S/C14H19O3.Y/c1-14(11-16-2,13(15)17-3)10-9-12-7-5-4-6-8-12;/h5-8H,9-11H2,1-3H3;/q-1;. The van der Waals surface area contributed by atoms with E-state index < -0.39 is 5.41 Å². The first kappa shape index (κ1) is 17.8. The molecule has 0 amide bonds. The number of hydrogen-bond acceptors (Lipinski definition) is 3. The largest absolute Gasteiger partial charge is 0.469 e. The van der Waals surface area contributed by atoms with Gasteiger partial charge in [-0.05, 0) is 19.8 Å². The number of rotatable bonds is 6. The van der Waals surface area contributed by atoms with Gasteiger partial charge in [0, 0.05) is 39.8 Å². The van der Waals surface area contributed by atoms with Crippen LogP contribution in [0.3, 0.4) is 0 Å². The second-order valence-electron chi connectivity index (χ2n) is 4.39. The number of ether oxygens (including phenoxy) is 2. The van der Waals surface area contributed by atoms with Gasteiger partial charge in [-0.15, -0.1) is 0 Å². The fraction of sp³-hybridized carbons (Fsp3) is 0.500. The Morgan fingerprint density at radius 1 is 1.33 bits per heavy atom. The summed E-state index contributed by atoms with van der Waals surface area (Å²) >= 11 is 0. The van der Waals surface area contributed by atoms with Gasteiger partial charge in [0.2, 0.25) is 0 Å². The summed E-state index contributed by atoms with van der Waals surface area (Å²) in [6.07, 6.45) is 1.53. The van der Waals surface area contributed by atoms with Crippen molar-refractivity contribution >= 4 is 5.97 Å². The van der Waals surface area contributed by atoms with Crippen LogP contribution in [0.25, 0.3) is 0 Å². The molecule has 3 nitrogen and oxygen atoms in total. The van der Waals surface area contributed by atoms with Crippen LogP contribution >= 0.6 is 0 Å². The van der Waals surface area contributed by atoms with Crippen molar-refractivity contribution in [3.63, 3.8) is 0 Å². The predicted octanol–water partition coefficient (Wildman–Crippen LogP) is 2.24. The van der Waals surface area contributed by atoms with Gasteiger partial charge in [0.05, 0.1) is 19.1 Å². The molecule has 0 aliphatic carbocycles. The molecule has 0 spiro atoms. The Labute approximate surface area is 134 Å². The van der Waals surface area contributed by atoms with Gasteiger partial charge in [-0.3, -0.25) is 4.79 Å². The molecule has 1 aromatic carbocycles. The van der Waals surface area contributed by atoms with Crippen molar-refractivity contribution in [2.45, 2.75) is 19.8 Å². The number of methoxy groups -OCH3 is 2. The SMILES string of the molecule is COCC(C)(CCc1cc[c-]cc1)C(=O)OC.[Y]. The number of hydrogen-bond donors (Lipinski definition) is 0. The summed E-state index contributed by atoms with van der Waals surface area (Å²) in [4.78, 5) is 11.7. The number of benzene rings is 1. The minimum Gasteiger partial charge on any atom is -0.469 e. The molecule has 1 atom stereocenters. The van der Waals surface area contributed by atoms with Crippen LogP contribution in [0, 0.1) is 11.5 Å². The van der Waals surface area contributed by atoms with Gasteiger partial charge >= 0.3 is 5.97 Å². The van der Waals surface area contributed by atoms with Gasteiger partial charge < -0.3 is 9.47 Å². The van der Waals surface area contributed by atoms with E-state index in [0.717, 1.165) is 6.42 Å². The van der Waals surface area contributed by atoms with E-state index in [1.54, 1.807) is 7.11 Å². The zero-order valence-corrected chi connectivity index (χ0v) is 14.1. The second-order valence-corrected chi connectivity index (χ2v) is 4.39. The van der Waals surface area contributed by atoms with Crippen molar-refractivity contribution in [3.8, 4) is 0 Å². The molecule has 97 valence electrons. The first-order valence-corrected chi connectivity index (χ1v) is 5.65.